The van der Waals surface area contributed by atoms with Crippen LogP contribution in [0.15, 0.2) is 46.9 Å². The summed E-state index contributed by atoms with van der Waals surface area (Å²) < 4.78 is 14.0. The lowest BCUT2D eigenvalue weighted by atomic mass is 9.75. The van der Waals surface area contributed by atoms with Gasteiger partial charge in [-0.3, -0.25) is 4.42 Å². The first-order valence-corrected chi connectivity index (χ1v) is 11.5. The number of likely N-dealkylation sites (N-methyl/N-ethyl adjacent to an activating group) is 1. The summed E-state index contributed by atoms with van der Waals surface area (Å²) in [4.78, 5) is 1.53. The third kappa shape index (κ3) is 2.54. The fourth-order valence-electron chi connectivity index (χ4n) is 5.58. The molecule has 0 fully saturated rings. The van der Waals surface area contributed by atoms with E-state index in [1.807, 2.05) is 6.07 Å². The molecular formula is C26H25NO3S+2. The SMILES string of the molecule is COc1ccc2c(c1O)-c1c3c(cc4sc5ccccc5c(=[O+]C)c14)CC[NH+](C)[C@@H]3C2. The Morgan fingerprint density at radius 1 is 1.10 bits per heavy atom. The Bertz CT molecular complexity index is 1450. The predicted molar refractivity (Wildman–Crippen MR) is 127 cm³/mol. The van der Waals surface area contributed by atoms with Crippen molar-refractivity contribution < 1.29 is 14.7 Å². The van der Waals surface area contributed by atoms with Crippen LogP contribution in [0.4, 0.5) is 0 Å². The highest BCUT2D eigenvalue weighted by molar-refractivity contribution is 7.24. The molecule has 6 rings (SSSR count). The van der Waals surface area contributed by atoms with Crippen molar-refractivity contribution in [2.45, 2.75) is 18.9 Å². The molecule has 0 saturated carbocycles. The zero-order valence-electron chi connectivity index (χ0n) is 17.9. The molecule has 2 atom stereocenters. The molecule has 0 saturated heterocycles. The first-order valence-electron chi connectivity index (χ1n) is 10.7. The molecule has 2 N–H and O–H groups in total. The summed E-state index contributed by atoms with van der Waals surface area (Å²) in [5.74, 6) is 0.750. The lowest BCUT2D eigenvalue weighted by Gasteiger charge is -2.37. The maximum Gasteiger partial charge on any atom is 0.360 e. The fourth-order valence-corrected chi connectivity index (χ4v) is 6.73. The molecule has 2 heterocycles. The first-order chi connectivity index (χ1) is 15.1. The molecule has 156 valence electrons. The quantitative estimate of drug-likeness (QED) is 0.357. The van der Waals surface area contributed by atoms with Gasteiger partial charge < -0.3 is 14.7 Å². The molecule has 4 nitrogen and oxygen atoms in total. The van der Waals surface area contributed by atoms with Gasteiger partial charge in [-0.1, -0.05) is 18.2 Å². The normalized spacial score (nSPS) is 20.0. The van der Waals surface area contributed by atoms with Crippen molar-refractivity contribution in [3.05, 3.63) is 69.0 Å². The van der Waals surface area contributed by atoms with Crippen molar-refractivity contribution in [1.29, 1.82) is 0 Å². The Kier molecular flexibility index (Phi) is 4.14. The summed E-state index contributed by atoms with van der Waals surface area (Å²) in [5.41, 5.74) is 6.88. The van der Waals surface area contributed by atoms with E-state index >= 15 is 0 Å². The van der Waals surface area contributed by atoms with E-state index in [-0.39, 0.29) is 5.75 Å². The number of hydrogen-bond donors (Lipinski definition) is 2. The third-order valence-corrected chi connectivity index (χ3v) is 8.17. The smallest absolute Gasteiger partial charge is 0.360 e. The lowest BCUT2D eigenvalue weighted by Crippen LogP contribution is -3.10. The topological polar surface area (TPSA) is 45.2 Å². The zero-order valence-corrected chi connectivity index (χ0v) is 18.7. The van der Waals surface area contributed by atoms with Crippen LogP contribution in [0.3, 0.4) is 0 Å². The molecule has 3 aromatic carbocycles. The van der Waals surface area contributed by atoms with Crippen LogP contribution in [-0.4, -0.2) is 32.9 Å². The van der Waals surface area contributed by atoms with Gasteiger partial charge in [-0.15, -0.1) is 11.3 Å². The number of ether oxygens (including phenoxy) is 1. The van der Waals surface area contributed by atoms with Crippen LogP contribution in [0.5, 0.6) is 11.5 Å². The number of aromatic hydroxyl groups is 1. The van der Waals surface area contributed by atoms with Crippen molar-refractivity contribution >= 4 is 31.5 Å². The highest BCUT2D eigenvalue weighted by Gasteiger charge is 2.39. The second kappa shape index (κ2) is 6.81. The van der Waals surface area contributed by atoms with Gasteiger partial charge >= 0.3 is 5.43 Å². The minimum atomic E-state index is 0.233. The van der Waals surface area contributed by atoms with Gasteiger partial charge in [0.1, 0.15) is 11.4 Å². The van der Waals surface area contributed by atoms with E-state index in [9.17, 15) is 5.11 Å². The number of phenols is 1. The van der Waals surface area contributed by atoms with Crippen LogP contribution in [0.25, 0.3) is 31.3 Å². The van der Waals surface area contributed by atoms with E-state index in [1.165, 1.54) is 31.0 Å². The largest absolute Gasteiger partial charge is 0.504 e. The molecule has 31 heavy (non-hydrogen) atoms. The van der Waals surface area contributed by atoms with E-state index in [0.717, 1.165) is 46.7 Å². The predicted octanol–water partition coefficient (Wildman–Crippen LogP) is 3.63. The number of rotatable bonds is 1. The van der Waals surface area contributed by atoms with Crippen LogP contribution in [-0.2, 0) is 12.8 Å². The minimum Gasteiger partial charge on any atom is -0.504 e. The highest BCUT2D eigenvalue weighted by atomic mass is 32.1. The molecule has 0 spiro atoms. The third-order valence-electron chi connectivity index (χ3n) is 7.05. The number of nitrogens with one attached hydrogen (secondary N) is 1. The monoisotopic (exact) mass is 431 g/mol. The Balaban J connectivity index is 1.88. The molecule has 0 bridgehead atoms. The van der Waals surface area contributed by atoms with E-state index in [4.69, 9.17) is 9.16 Å². The van der Waals surface area contributed by atoms with E-state index in [0.29, 0.717) is 11.8 Å². The number of fused-ring (bicyclic) bond motifs is 5. The maximum absolute atomic E-state index is 11.3. The molecule has 2 aliphatic rings. The van der Waals surface area contributed by atoms with Gasteiger partial charge in [0.05, 0.1) is 26.1 Å². The molecule has 1 aliphatic carbocycles. The second-order valence-electron chi connectivity index (χ2n) is 8.58. The Morgan fingerprint density at radius 3 is 2.74 bits per heavy atom. The number of hydrogen-bond acceptors (Lipinski definition) is 3. The Morgan fingerprint density at radius 2 is 1.94 bits per heavy atom. The number of methoxy groups -OCH3 is 1. The van der Waals surface area contributed by atoms with Crippen LogP contribution in [0.2, 0.25) is 0 Å². The van der Waals surface area contributed by atoms with E-state index < -0.39 is 0 Å². The van der Waals surface area contributed by atoms with Crippen molar-refractivity contribution in [1.82, 2.24) is 0 Å². The summed E-state index contributed by atoms with van der Waals surface area (Å²) >= 11 is 1.80. The lowest BCUT2D eigenvalue weighted by molar-refractivity contribution is -0.914. The average molecular weight is 432 g/mol. The molecule has 5 heteroatoms. The van der Waals surface area contributed by atoms with Gasteiger partial charge in [0.15, 0.2) is 11.5 Å². The van der Waals surface area contributed by atoms with Crippen molar-refractivity contribution in [3.8, 4) is 22.6 Å². The summed E-state index contributed by atoms with van der Waals surface area (Å²) in [6, 6.07) is 15.2. The summed E-state index contributed by atoms with van der Waals surface area (Å²) in [6.07, 6.45) is 1.96. The van der Waals surface area contributed by atoms with Gasteiger partial charge in [-0.25, -0.2) is 0 Å². The summed E-state index contributed by atoms with van der Waals surface area (Å²) in [6.45, 7) is 1.12. The zero-order chi connectivity index (χ0) is 21.3. The highest BCUT2D eigenvalue weighted by Crippen LogP contribution is 2.50. The van der Waals surface area contributed by atoms with Crippen LogP contribution < -0.4 is 15.1 Å². The fraction of sp³-hybridized carbons (Fsp3) is 0.269. The van der Waals surface area contributed by atoms with Gasteiger partial charge in [0.25, 0.3) is 7.11 Å². The van der Waals surface area contributed by atoms with Gasteiger partial charge in [-0.2, -0.15) is 0 Å². The molecule has 4 aromatic rings. The molecule has 0 radical (unpaired) electrons. The minimum absolute atomic E-state index is 0.233. The first kappa shape index (κ1) is 18.8. The van der Waals surface area contributed by atoms with Gasteiger partial charge in [0.2, 0.25) is 0 Å². The van der Waals surface area contributed by atoms with Gasteiger partial charge in [0, 0.05) is 38.9 Å². The van der Waals surface area contributed by atoms with Crippen molar-refractivity contribution in [2.75, 3.05) is 27.8 Å². The van der Waals surface area contributed by atoms with Crippen molar-refractivity contribution in [2.24, 2.45) is 0 Å². The van der Waals surface area contributed by atoms with E-state index in [2.05, 4.69) is 43.4 Å². The Hall–Kier alpha value is -2.89. The number of phenolic OH excluding ortho intramolecular Hbond substituents is 1. The number of quaternary nitrogens is 1. The van der Waals surface area contributed by atoms with Crippen LogP contribution in [0, 0.1) is 0 Å². The van der Waals surface area contributed by atoms with Gasteiger partial charge in [-0.05, 0) is 35.4 Å². The standard InChI is InChI=1S/C26H23NO3S/c1-27-11-10-15-13-20-23(26(30-3)16-6-4-5-7-19(16)31-20)24-21(15)17(27)12-14-8-9-18(29-2)25(28)22(14)24/h4-9,13,17H,10-12H2,1-3H3/p+2/t17-/m1/s1. The second-order valence-corrected chi connectivity index (χ2v) is 9.67. The molecule has 1 aromatic heterocycles. The molecule has 0 amide bonds. The molecule has 1 aliphatic heterocycles. The van der Waals surface area contributed by atoms with Crippen LogP contribution in [0.1, 0.15) is 22.7 Å². The maximum atomic E-state index is 11.3. The molecular weight excluding hydrogens is 406 g/mol. The van der Waals surface area contributed by atoms with E-state index in [1.54, 1.807) is 25.6 Å². The van der Waals surface area contributed by atoms with Crippen molar-refractivity contribution in [3.63, 3.8) is 0 Å². The Labute approximate surface area is 184 Å². The number of benzene rings is 3. The molecule has 1 unspecified atom stereocenters. The summed E-state index contributed by atoms with van der Waals surface area (Å²) in [5, 5.41) is 13.5. The average Bonchev–Trinajstić information content (AvgIpc) is 2.79. The summed E-state index contributed by atoms with van der Waals surface area (Å²) in [7, 11) is 5.65. The van der Waals surface area contributed by atoms with Crippen LogP contribution >= 0.6 is 11.3 Å².